The van der Waals surface area contributed by atoms with Crippen LogP contribution in [-0.2, 0) is 0 Å². The Kier molecular flexibility index (Phi) is 3.06. The molecule has 0 aliphatic rings. The summed E-state index contributed by atoms with van der Waals surface area (Å²) in [7, 11) is 0. The Morgan fingerprint density at radius 2 is 2.00 bits per heavy atom. The number of pyridine rings is 1. The minimum atomic E-state index is -0.792. The van der Waals surface area contributed by atoms with E-state index in [1.165, 1.54) is 18.3 Å². The number of hydrogen-bond donors (Lipinski definition) is 1. The number of benzene rings is 1. The first-order chi connectivity index (χ1) is 8.60. The van der Waals surface area contributed by atoms with E-state index in [9.17, 15) is 8.78 Å². The summed E-state index contributed by atoms with van der Waals surface area (Å²) in [5.74, 6) is -1.84. The molecule has 0 fully saturated rings. The zero-order valence-corrected chi connectivity index (χ0v) is 9.02. The van der Waals surface area contributed by atoms with Crippen molar-refractivity contribution < 1.29 is 13.5 Å². The molecular formula is C12H7F2N3O. The molecule has 2 aromatic rings. The molecule has 0 bridgehead atoms. The number of nitrogens with zero attached hydrogens (tertiary/aromatic N) is 2. The van der Waals surface area contributed by atoms with Crippen LogP contribution in [-0.4, -0.2) is 4.98 Å². The van der Waals surface area contributed by atoms with Crippen LogP contribution in [0.2, 0.25) is 0 Å². The fourth-order valence-electron chi connectivity index (χ4n) is 1.24. The lowest BCUT2D eigenvalue weighted by Gasteiger charge is -2.06. The summed E-state index contributed by atoms with van der Waals surface area (Å²) in [4.78, 5) is 3.77. The second kappa shape index (κ2) is 4.67. The van der Waals surface area contributed by atoms with Gasteiger partial charge in [0.2, 0.25) is 5.88 Å². The summed E-state index contributed by atoms with van der Waals surface area (Å²) < 4.78 is 31.6. The van der Waals surface area contributed by atoms with Gasteiger partial charge in [0.15, 0.2) is 11.6 Å². The predicted octanol–water partition coefficient (Wildman–Crippen LogP) is 2.61. The number of nitrogens with two attached hydrogens (primary N) is 1. The second-order valence-electron chi connectivity index (χ2n) is 3.40. The van der Waals surface area contributed by atoms with Crippen molar-refractivity contribution in [2.75, 3.05) is 5.73 Å². The first kappa shape index (κ1) is 11.8. The third-order valence-corrected chi connectivity index (χ3v) is 2.13. The normalized spacial score (nSPS) is 9.83. The Morgan fingerprint density at radius 1 is 1.22 bits per heavy atom. The molecule has 1 heterocycles. The molecule has 0 spiro atoms. The molecule has 2 rings (SSSR count). The van der Waals surface area contributed by atoms with Gasteiger partial charge in [-0.2, -0.15) is 5.26 Å². The van der Waals surface area contributed by atoms with E-state index in [1.807, 2.05) is 6.07 Å². The van der Waals surface area contributed by atoms with Gasteiger partial charge in [0.1, 0.15) is 11.9 Å². The van der Waals surface area contributed by atoms with Crippen molar-refractivity contribution in [1.82, 2.24) is 4.98 Å². The monoisotopic (exact) mass is 247 g/mol. The highest BCUT2D eigenvalue weighted by Gasteiger charge is 2.10. The Bertz CT molecular complexity index is 620. The van der Waals surface area contributed by atoms with Crippen LogP contribution in [0.4, 0.5) is 14.5 Å². The van der Waals surface area contributed by atoms with Crippen LogP contribution in [0.3, 0.4) is 0 Å². The molecule has 0 amide bonds. The van der Waals surface area contributed by atoms with E-state index in [0.717, 1.165) is 12.1 Å². The van der Waals surface area contributed by atoms with Crippen molar-refractivity contribution in [1.29, 1.82) is 5.26 Å². The standard InChI is InChI=1S/C12H7F2N3O/c13-8-4-11(9(14)3-10(8)16)18-12-2-1-7(5-15)6-17-12/h1-4,6H,16H2. The maximum absolute atomic E-state index is 13.4. The zero-order chi connectivity index (χ0) is 13.1. The molecule has 18 heavy (non-hydrogen) atoms. The number of aromatic nitrogens is 1. The third-order valence-electron chi connectivity index (χ3n) is 2.13. The molecule has 0 aliphatic heterocycles. The largest absolute Gasteiger partial charge is 0.436 e. The molecule has 0 radical (unpaired) electrons. The Labute approximate surface area is 101 Å². The van der Waals surface area contributed by atoms with Gasteiger partial charge in [-0.3, -0.25) is 0 Å². The summed E-state index contributed by atoms with van der Waals surface area (Å²) in [6.07, 6.45) is 1.26. The van der Waals surface area contributed by atoms with Crippen molar-refractivity contribution in [3.63, 3.8) is 0 Å². The first-order valence-corrected chi connectivity index (χ1v) is 4.88. The maximum Gasteiger partial charge on any atom is 0.219 e. The van der Waals surface area contributed by atoms with Crippen LogP contribution in [0.5, 0.6) is 11.6 Å². The summed E-state index contributed by atoms with van der Waals surface area (Å²) in [5, 5.41) is 8.57. The predicted molar refractivity (Wildman–Crippen MR) is 59.8 cm³/mol. The quantitative estimate of drug-likeness (QED) is 0.828. The minimum Gasteiger partial charge on any atom is -0.436 e. The van der Waals surface area contributed by atoms with Crippen molar-refractivity contribution in [2.45, 2.75) is 0 Å². The molecular weight excluding hydrogens is 240 g/mol. The van der Waals surface area contributed by atoms with Gasteiger partial charge in [-0.25, -0.2) is 13.8 Å². The molecule has 2 N–H and O–H groups in total. The molecule has 0 aliphatic carbocycles. The fourth-order valence-corrected chi connectivity index (χ4v) is 1.24. The molecule has 0 saturated heterocycles. The molecule has 1 aromatic heterocycles. The average molecular weight is 247 g/mol. The number of hydrogen-bond acceptors (Lipinski definition) is 4. The highest BCUT2D eigenvalue weighted by molar-refractivity contribution is 5.45. The molecule has 0 unspecified atom stereocenters. The van der Waals surface area contributed by atoms with E-state index in [4.69, 9.17) is 15.7 Å². The third kappa shape index (κ3) is 2.35. The zero-order valence-electron chi connectivity index (χ0n) is 9.02. The number of anilines is 1. The lowest BCUT2D eigenvalue weighted by Crippen LogP contribution is -1.96. The highest BCUT2D eigenvalue weighted by Crippen LogP contribution is 2.26. The van der Waals surface area contributed by atoms with E-state index in [0.29, 0.717) is 5.56 Å². The smallest absolute Gasteiger partial charge is 0.219 e. The van der Waals surface area contributed by atoms with Gasteiger partial charge in [0.05, 0.1) is 11.3 Å². The molecule has 6 heteroatoms. The second-order valence-corrected chi connectivity index (χ2v) is 3.40. The van der Waals surface area contributed by atoms with Crippen LogP contribution in [0.15, 0.2) is 30.5 Å². The highest BCUT2D eigenvalue weighted by atomic mass is 19.1. The van der Waals surface area contributed by atoms with Crippen molar-refractivity contribution in [3.05, 3.63) is 47.7 Å². The summed E-state index contributed by atoms with van der Waals surface area (Å²) >= 11 is 0. The Morgan fingerprint density at radius 3 is 2.61 bits per heavy atom. The van der Waals surface area contributed by atoms with Gasteiger partial charge in [-0.15, -0.1) is 0 Å². The van der Waals surface area contributed by atoms with Gasteiger partial charge in [-0.05, 0) is 6.07 Å². The molecule has 0 atom stereocenters. The number of halogens is 2. The molecule has 90 valence electrons. The van der Waals surface area contributed by atoms with Crippen molar-refractivity contribution >= 4 is 5.69 Å². The van der Waals surface area contributed by atoms with E-state index in [-0.39, 0.29) is 17.3 Å². The maximum atomic E-state index is 13.4. The van der Waals surface area contributed by atoms with Crippen molar-refractivity contribution in [3.8, 4) is 17.7 Å². The van der Waals surface area contributed by atoms with Gasteiger partial charge >= 0.3 is 0 Å². The van der Waals surface area contributed by atoms with E-state index < -0.39 is 11.6 Å². The Balaban J connectivity index is 2.28. The lowest BCUT2D eigenvalue weighted by molar-refractivity contribution is 0.423. The van der Waals surface area contributed by atoms with Gasteiger partial charge < -0.3 is 10.5 Å². The molecule has 1 aromatic carbocycles. The van der Waals surface area contributed by atoms with E-state index in [1.54, 1.807) is 0 Å². The number of nitrogen functional groups attached to an aromatic ring is 1. The topological polar surface area (TPSA) is 71.9 Å². The molecule has 4 nitrogen and oxygen atoms in total. The summed E-state index contributed by atoms with van der Waals surface area (Å²) in [6.45, 7) is 0. The Hall–Kier alpha value is -2.68. The van der Waals surface area contributed by atoms with Gasteiger partial charge in [0, 0.05) is 24.4 Å². The van der Waals surface area contributed by atoms with Crippen LogP contribution < -0.4 is 10.5 Å². The summed E-state index contributed by atoms with van der Waals surface area (Å²) in [5.41, 5.74) is 5.24. The SMILES string of the molecule is N#Cc1ccc(Oc2cc(F)c(N)cc2F)nc1. The fraction of sp³-hybridized carbons (Fsp3) is 0. The first-order valence-electron chi connectivity index (χ1n) is 4.88. The number of nitriles is 1. The van der Waals surface area contributed by atoms with Crippen molar-refractivity contribution in [2.24, 2.45) is 0 Å². The van der Waals surface area contributed by atoms with Crippen LogP contribution in [0, 0.1) is 23.0 Å². The van der Waals surface area contributed by atoms with Crippen LogP contribution >= 0.6 is 0 Å². The average Bonchev–Trinajstić information content (AvgIpc) is 2.37. The summed E-state index contributed by atoms with van der Waals surface area (Å²) in [6, 6.07) is 6.38. The van der Waals surface area contributed by atoms with E-state index in [2.05, 4.69) is 4.98 Å². The van der Waals surface area contributed by atoms with Gasteiger partial charge in [0.25, 0.3) is 0 Å². The lowest BCUT2D eigenvalue weighted by atomic mass is 10.3. The van der Waals surface area contributed by atoms with E-state index >= 15 is 0 Å². The van der Waals surface area contributed by atoms with Crippen LogP contribution in [0.25, 0.3) is 0 Å². The number of ether oxygens (including phenoxy) is 1. The van der Waals surface area contributed by atoms with Gasteiger partial charge in [-0.1, -0.05) is 0 Å². The van der Waals surface area contributed by atoms with Crippen LogP contribution in [0.1, 0.15) is 5.56 Å². The molecule has 0 saturated carbocycles. The number of rotatable bonds is 2. The minimum absolute atomic E-state index is 0.0528.